The van der Waals surface area contributed by atoms with Gasteiger partial charge >= 0.3 is 0 Å². The molecular formula is C33H34ClN3O3S. The number of carbonyl (C=O) groups is 1. The molecule has 0 aliphatic carbocycles. The topological polar surface area (TPSA) is 60.9 Å². The number of aryl methyl sites for hydroxylation is 1. The molecule has 4 aromatic carbocycles. The minimum Gasteiger partial charge on any atom is -0.339 e. The van der Waals surface area contributed by atoms with E-state index in [2.05, 4.69) is 53.4 Å². The standard InChI is InChI=1S/C33H34ClN3O3S/c1-26-12-14-27(15-13-26)24-37(41(39,40)31-18-16-30(34)17-19-31)25-32(38)35-20-22-36(23-21-35)33(28-8-4-2-5-9-28)29-10-6-3-7-11-29/h2-19,33H,20-25H2,1H3. The highest BCUT2D eigenvalue weighted by Crippen LogP contribution is 2.29. The molecule has 0 spiro atoms. The zero-order valence-corrected chi connectivity index (χ0v) is 24.6. The molecule has 212 valence electrons. The first kappa shape index (κ1) is 29.0. The molecule has 1 amide bonds. The smallest absolute Gasteiger partial charge is 0.243 e. The summed E-state index contributed by atoms with van der Waals surface area (Å²) in [6.45, 7) is 4.25. The van der Waals surface area contributed by atoms with Gasteiger partial charge in [0.2, 0.25) is 15.9 Å². The molecule has 1 fully saturated rings. The lowest BCUT2D eigenvalue weighted by Crippen LogP contribution is -2.52. The monoisotopic (exact) mass is 587 g/mol. The van der Waals surface area contributed by atoms with Crippen LogP contribution in [0.2, 0.25) is 5.02 Å². The average Bonchev–Trinajstić information content (AvgIpc) is 3.00. The van der Waals surface area contributed by atoms with Gasteiger partial charge in [-0.15, -0.1) is 0 Å². The van der Waals surface area contributed by atoms with Gasteiger partial charge in [0.05, 0.1) is 17.5 Å². The Bertz CT molecular complexity index is 1500. The van der Waals surface area contributed by atoms with Crippen LogP contribution in [0.1, 0.15) is 28.3 Å². The predicted octanol–water partition coefficient (Wildman–Crippen LogP) is 5.77. The van der Waals surface area contributed by atoms with Gasteiger partial charge in [-0.2, -0.15) is 4.31 Å². The number of rotatable bonds is 9. The number of sulfonamides is 1. The Morgan fingerprint density at radius 2 is 1.32 bits per heavy atom. The molecule has 0 aromatic heterocycles. The van der Waals surface area contributed by atoms with Crippen molar-refractivity contribution in [3.05, 3.63) is 136 Å². The molecule has 41 heavy (non-hydrogen) atoms. The van der Waals surface area contributed by atoms with E-state index >= 15 is 0 Å². The molecule has 1 saturated heterocycles. The lowest BCUT2D eigenvalue weighted by molar-refractivity contribution is -0.133. The number of hydrogen-bond acceptors (Lipinski definition) is 4. The molecule has 1 aliphatic rings. The van der Waals surface area contributed by atoms with Gasteiger partial charge in [-0.25, -0.2) is 8.42 Å². The van der Waals surface area contributed by atoms with Crippen LogP contribution in [-0.4, -0.2) is 61.2 Å². The largest absolute Gasteiger partial charge is 0.339 e. The summed E-state index contributed by atoms with van der Waals surface area (Å²) < 4.78 is 28.7. The summed E-state index contributed by atoms with van der Waals surface area (Å²) in [6, 6.07) is 34.6. The zero-order valence-electron chi connectivity index (χ0n) is 23.1. The zero-order chi connectivity index (χ0) is 28.8. The van der Waals surface area contributed by atoms with Crippen LogP contribution in [0, 0.1) is 6.92 Å². The number of hydrogen-bond donors (Lipinski definition) is 0. The van der Waals surface area contributed by atoms with Crippen LogP contribution < -0.4 is 0 Å². The minimum absolute atomic E-state index is 0.0815. The van der Waals surface area contributed by atoms with Crippen molar-refractivity contribution in [3.63, 3.8) is 0 Å². The van der Waals surface area contributed by atoms with E-state index in [0.717, 1.165) is 11.1 Å². The second kappa shape index (κ2) is 13.0. The molecule has 0 unspecified atom stereocenters. The number of nitrogens with zero attached hydrogens (tertiary/aromatic N) is 3. The highest BCUT2D eigenvalue weighted by molar-refractivity contribution is 7.89. The van der Waals surface area contributed by atoms with E-state index in [-0.39, 0.29) is 29.9 Å². The molecule has 5 rings (SSSR count). The van der Waals surface area contributed by atoms with Gasteiger partial charge in [-0.1, -0.05) is 102 Å². The second-order valence-corrected chi connectivity index (χ2v) is 12.7. The summed E-state index contributed by atoms with van der Waals surface area (Å²) in [7, 11) is -3.94. The quantitative estimate of drug-likeness (QED) is 0.249. The fraction of sp³-hybridized carbons (Fsp3) is 0.242. The number of benzene rings is 4. The van der Waals surface area contributed by atoms with E-state index in [9.17, 15) is 13.2 Å². The fourth-order valence-electron chi connectivity index (χ4n) is 5.24. The van der Waals surface area contributed by atoms with E-state index in [4.69, 9.17) is 11.6 Å². The van der Waals surface area contributed by atoms with Gasteiger partial charge in [0.25, 0.3) is 0 Å². The molecule has 0 bridgehead atoms. The van der Waals surface area contributed by atoms with Crippen LogP contribution in [0.5, 0.6) is 0 Å². The van der Waals surface area contributed by atoms with Gasteiger partial charge in [-0.05, 0) is 47.9 Å². The molecule has 0 radical (unpaired) electrons. The van der Waals surface area contributed by atoms with E-state index in [1.807, 2.05) is 43.3 Å². The molecule has 1 aliphatic heterocycles. The number of carbonyl (C=O) groups excluding carboxylic acids is 1. The molecule has 0 N–H and O–H groups in total. The van der Waals surface area contributed by atoms with Crippen molar-refractivity contribution in [1.82, 2.24) is 14.1 Å². The highest BCUT2D eigenvalue weighted by atomic mass is 35.5. The van der Waals surface area contributed by atoms with Gasteiger partial charge in [0, 0.05) is 37.7 Å². The molecule has 1 heterocycles. The lowest BCUT2D eigenvalue weighted by Gasteiger charge is -2.40. The second-order valence-electron chi connectivity index (χ2n) is 10.4. The molecule has 0 atom stereocenters. The summed E-state index contributed by atoms with van der Waals surface area (Å²) in [6.07, 6.45) is 0. The van der Waals surface area contributed by atoms with Gasteiger partial charge in [0.15, 0.2) is 0 Å². The molecule has 0 saturated carbocycles. The Morgan fingerprint density at radius 3 is 1.85 bits per heavy atom. The van der Waals surface area contributed by atoms with Crippen molar-refractivity contribution in [2.24, 2.45) is 0 Å². The number of amides is 1. The van der Waals surface area contributed by atoms with Crippen molar-refractivity contribution < 1.29 is 13.2 Å². The lowest BCUT2D eigenvalue weighted by atomic mass is 9.96. The van der Waals surface area contributed by atoms with Crippen LogP contribution in [0.3, 0.4) is 0 Å². The predicted molar refractivity (Wildman–Crippen MR) is 163 cm³/mol. The summed E-state index contributed by atoms with van der Waals surface area (Å²) in [5.74, 6) is -0.203. The minimum atomic E-state index is -3.94. The summed E-state index contributed by atoms with van der Waals surface area (Å²) in [5, 5.41) is 0.451. The van der Waals surface area contributed by atoms with Crippen LogP contribution in [-0.2, 0) is 21.4 Å². The van der Waals surface area contributed by atoms with E-state index in [0.29, 0.717) is 31.2 Å². The van der Waals surface area contributed by atoms with Crippen LogP contribution in [0.4, 0.5) is 0 Å². The van der Waals surface area contributed by atoms with Crippen LogP contribution in [0.25, 0.3) is 0 Å². The number of halogens is 1. The maximum Gasteiger partial charge on any atom is 0.243 e. The molecule has 4 aromatic rings. The fourth-order valence-corrected chi connectivity index (χ4v) is 6.75. The van der Waals surface area contributed by atoms with Crippen molar-refractivity contribution in [1.29, 1.82) is 0 Å². The maximum atomic E-state index is 13.7. The van der Waals surface area contributed by atoms with Gasteiger partial charge < -0.3 is 4.90 Å². The van der Waals surface area contributed by atoms with Crippen molar-refractivity contribution >= 4 is 27.5 Å². The summed E-state index contributed by atoms with van der Waals surface area (Å²) in [5.41, 5.74) is 4.31. The SMILES string of the molecule is Cc1ccc(CN(CC(=O)N2CCN(C(c3ccccc3)c3ccccc3)CC2)S(=O)(=O)c2ccc(Cl)cc2)cc1. The summed E-state index contributed by atoms with van der Waals surface area (Å²) >= 11 is 6.01. The number of piperazine rings is 1. The van der Waals surface area contributed by atoms with Gasteiger partial charge in [-0.3, -0.25) is 9.69 Å². The first-order chi connectivity index (χ1) is 19.8. The third-order valence-corrected chi connectivity index (χ3v) is 9.56. The third kappa shape index (κ3) is 7.05. The van der Waals surface area contributed by atoms with E-state index in [1.54, 1.807) is 17.0 Å². The van der Waals surface area contributed by atoms with Crippen molar-refractivity contribution in [3.8, 4) is 0 Å². The highest BCUT2D eigenvalue weighted by Gasteiger charge is 2.32. The van der Waals surface area contributed by atoms with Gasteiger partial charge in [0.1, 0.15) is 0 Å². The van der Waals surface area contributed by atoms with Crippen LogP contribution >= 0.6 is 11.6 Å². The molecule has 6 nitrogen and oxygen atoms in total. The van der Waals surface area contributed by atoms with Crippen molar-refractivity contribution in [2.75, 3.05) is 32.7 Å². The van der Waals surface area contributed by atoms with Crippen LogP contribution in [0.15, 0.2) is 114 Å². The molecular weight excluding hydrogens is 554 g/mol. The third-order valence-electron chi connectivity index (χ3n) is 7.51. The Kier molecular flexibility index (Phi) is 9.20. The normalized spacial score (nSPS) is 14.5. The molecule has 8 heteroatoms. The average molecular weight is 588 g/mol. The van der Waals surface area contributed by atoms with E-state index in [1.165, 1.54) is 27.6 Å². The Labute approximate surface area is 247 Å². The Morgan fingerprint density at radius 1 is 0.780 bits per heavy atom. The van der Waals surface area contributed by atoms with E-state index < -0.39 is 10.0 Å². The maximum absolute atomic E-state index is 13.7. The first-order valence-corrected chi connectivity index (χ1v) is 15.6. The first-order valence-electron chi connectivity index (χ1n) is 13.7. The van der Waals surface area contributed by atoms with Crippen molar-refractivity contribution in [2.45, 2.75) is 24.4 Å². The Hall–Kier alpha value is -3.49. The summed E-state index contributed by atoms with van der Waals surface area (Å²) in [4.78, 5) is 17.9. The Balaban J connectivity index is 1.32.